The highest BCUT2D eigenvalue weighted by atomic mass is 16.6. The maximum atomic E-state index is 10.7. The highest BCUT2D eigenvalue weighted by Crippen LogP contribution is 2.22. The molecule has 23 heavy (non-hydrogen) atoms. The van der Waals surface area contributed by atoms with E-state index in [1.54, 1.807) is 24.3 Å². The second-order valence-electron chi connectivity index (χ2n) is 4.23. The van der Waals surface area contributed by atoms with Gasteiger partial charge in [0.05, 0.1) is 4.92 Å². The van der Waals surface area contributed by atoms with Gasteiger partial charge in [0.2, 0.25) is 0 Å². The van der Waals surface area contributed by atoms with Crippen molar-refractivity contribution in [1.29, 1.82) is 0 Å². The highest BCUT2D eigenvalue weighted by molar-refractivity contribution is 5.57. The molecule has 0 spiro atoms. The lowest BCUT2D eigenvalue weighted by molar-refractivity contribution is -0.384. The van der Waals surface area contributed by atoms with E-state index in [1.165, 1.54) is 12.1 Å². The monoisotopic (exact) mass is 314 g/mol. The molecule has 1 heterocycles. The Balaban J connectivity index is 2.36. The topological polar surface area (TPSA) is 100 Å². The Morgan fingerprint density at radius 3 is 1.96 bits per heavy atom. The SMILES string of the molecule is C=CCOc1nc(OCC=C)nc(-c2ccc([N+](=O)[O-])cc2)n1. The molecule has 1 aromatic heterocycles. The maximum Gasteiger partial charge on any atom is 0.323 e. The second kappa shape index (κ2) is 7.64. The van der Waals surface area contributed by atoms with Gasteiger partial charge in [0.15, 0.2) is 5.82 Å². The van der Waals surface area contributed by atoms with E-state index < -0.39 is 4.92 Å². The maximum absolute atomic E-state index is 10.7. The lowest BCUT2D eigenvalue weighted by Gasteiger charge is -2.07. The number of aromatic nitrogens is 3. The summed E-state index contributed by atoms with van der Waals surface area (Å²) in [5.41, 5.74) is 0.555. The summed E-state index contributed by atoms with van der Waals surface area (Å²) in [4.78, 5) is 22.5. The van der Waals surface area contributed by atoms with Gasteiger partial charge in [-0.25, -0.2) is 0 Å². The fourth-order valence-electron chi connectivity index (χ4n) is 1.60. The van der Waals surface area contributed by atoms with E-state index in [1.807, 2.05) is 0 Å². The molecule has 2 aromatic rings. The molecular formula is C15H14N4O4. The summed E-state index contributed by atoms with van der Waals surface area (Å²) in [6.45, 7) is 7.55. The van der Waals surface area contributed by atoms with E-state index in [9.17, 15) is 10.1 Å². The normalized spacial score (nSPS) is 9.91. The zero-order valence-electron chi connectivity index (χ0n) is 12.2. The van der Waals surface area contributed by atoms with Crippen molar-refractivity contribution in [2.45, 2.75) is 0 Å². The van der Waals surface area contributed by atoms with Crippen LogP contribution in [-0.4, -0.2) is 33.1 Å². The smallest absolute Gasteiger partial charge is 0.323 e. The van der Waals surface area contributed by atoms with Crippen molar-refractivity contribution >= 4 is 5.69 Å². The third-order valence-corrected chi connectivity index (χ3v) is 2.59. The molecule has 0 aliphatic carbocycles. The standard InChI is InChI=1S/C15H14N4O4/c1-3-9-22-14-16-13(17-15(18-14)23-10-4-2)11-5-7-12(8-6-11)19(20)21/h3-8H,1-2,9-10H2. The second-order valence-corrected chi connectivity index (χ2v) is 4.23. The summed E-state index contributed by atoms with van der Waals surface area (Å²) in [7, 11) is 0. The van der Waals surface area contributed by atoms with E-state index in [0.29, 0.717) is 5.56 Å². The molecule has 1 aromatic carbocycles. The molecular weight excluding hydrogens is 300 g/mol. The first kappa shape index (κ1) is 16.1. The number of non-ortho nitro benzene ring substituents is 1. The summed E-state index contributed by atoms with van der Waals surface area (Å²) in [6, 6.07) is 5.98. The molecule has 0 bridgehead atoms. The van der Waals surface area contributed by atoms with E-state index >= 15 is 0 Å². The first-order valence-corrected chi connectivity index (χ1v) is 6.62. The number of nitrogens with zero attached hydrogens (tertiary/aromatic N) is 4. The summed E-state index contributed by atoms with van der Waals surface area (Å²) >= 11 is 0. The summed E-state index contributed by atoms with van der Waals surface area (Å²) < 4.78 is 10.6. The van der Waals surface area contributed by atoms with Crippen LogP contribution in [0, 0.1) is 10.1 Å². The van der Waals surface area contributed by atoms with Gasteiger partial charge < -0.3 is 9.47 Å². The van der Waals surface area contributed by atoms with Crippen molar-refractivity contribution in [1.82, 2.24) is 15.0 Å². The molecule has 0 aliphatic rings. The number of nitro benzene ring substituents is 1. The molecule has 8 nitrogen and oxygen atoms in total. The average Bonchev–Trinajstić information content (AvgIpc) is 2.58. The van der Waals surface area contributed by atoms with Gasteiger partial charge in [0.25, 0.3) is 5.69 Å². The van der Waals surface area contributed by atoms with Gasteiger partial charge in [-0.05, 0) is 12.1 Å². The molecule has 0 atom stereocenters. The molecule has 0 aliphatic heterocycles. The zero-order valence-corrected chi connectivity index (χ0v) is 12.2. The van der Waals surface area contributed by atoms with Crippen LogP contribution in [-0.2, 0) is 0 Å². The Hall–Kier alpha value is -3.29. The lowest BCUT2D eigenvalue weighted by Crippen LogP contribution is -2.05. The summed E-state index contributed by atoms with van der Waals surface area (Å²) in [5.74, 6) is 0.285. The third kappa shape index (κ3) is 4.34. The quantitative estimate of drug-likeness (QED) is 0.419. The predicted molar refractivity (Wildman–Crippen MR) is 83.3 cm³/mol. The van der Waals surface area contributed by atoms with Gasteiger partial charge in [-0.3, -0.25) is 10.1 Å². The Labute approximate surface area is 132 Å². The van der Waals surface area contributed by atoms with E-state index in [4.69, 9.17) is 9.47 Å². The Morgan fingerprint density at radius 2 is 1.52 bits per heavy atom. The van der Waals surface area contributed by atoms with E-state index in [0.717, 1.165) is 0 Å². The largest absolute Gasteiger partial charge is 0.459 e. The minimum absolute atomic E-state index is 0.0194. The van der Waals surface area contributed by atoms with Crippen molar-refractivity contribution in [3.63, 3.8) is 0 Å². The van der Waals surface area contributed by atoms with Crippen LogP contribution in [0.5, 0.6) is 12.0 Å². The van der Waals surface area contributed by atoms with Gasteiger partial charge in [0, 0.05) is 17.7 Å². The molecule has 0 saturated carbocycles. The number of hydrogen-bond acceptors (Lipinski definition) is 7. The van der Waals surface area contributed by atoms with Gasteiger partial charge in [-0.15, -0.1) is 4.98 Å². The Bertz CT molecular complexity index is 686. The fourth-order valence-corrected chi connectivity index (χ4v) is 1.60. The summed E-state index contributed by atoms with van der Waals surface area (Å²) in [6.07, 6.45) is 3.11. The van der Waals surface area contributed by atoms with Crippen LogP contribution in [0.2, 0.25) is 0 Å². The van der Waals surface area contributed by atoms with Crippen LogP contribution < -0.4 is 9.47 Å². The molecule has 0 N–H and O–H groups in total. The fraction of sp³-hybridized carbons (Fsp3) is 0.133. The number of rotatable bonds is 8. The summed E-state index contributed by atoms with van der Waals surface area (Å²) in [5, 5.41) is 10.7. The molecule has 118 valence electrons. The van der Waals surface area contributed by atoms with Crippen LogP contribution in [0.25, 0.3) is 11.4 Å². The van der Waals surface area contributed by atoms with Crippen molar-refractivity contribution in [3.8, 4) is 23.4 Å². The average molecular weight is 314 g/mol. The molecule has 8 heteroatoms. The molecule has 0 unspecified atom stereocenters. The first-order valence-electron chi connectivity index (χ1n) is 6.62. The highest BCUT2D eigenvalue weighted by Gasteiger charge is 2.12. The van der Waals surface area contributed by atoms with Gasteiger partial charge in [-0.2, -0.15) is 9.97 Å². The van der Waals surface area contributed by atoms with Crippen LogP contribution in [0.3, 0.4) is 0 Å². The number of hydrogen-bond donors (Lipinski definition) is 0. The van der Waals surface area contributed by atoms with Gasteiger partial charge in [0.1, 0.15) is 13.2 Å². The molecule has 0 fully saturated rings. The van der Waals surface area contributed by atoms with Crippen molar-refractivity contribution in [2.75, 3.05) is 13.2 Å². The van der Waals surface area contributed by atoms with Crippen LogP contribution in [0.4, 0.5) is 5.69 Å². The van der Waals surface area contributed by atoms with E-state index in [2.05, 4.69) is 28.1 Å². The molecule has 0 amide bonds. The third-order valence-electron chi connectivity index (χ3n) is 2.59. The van der Waals surface area contributed by atoms with E-state index in [-0.39, 0.29) is 36.7 Å². The molecule has 2 rings (SSSR count). The lowest BCUT2D eigenvalue weighted by atomic mass is 10.2. The Morgan fingerprint density at radius 1 is 1.00 bits per heavy atom. The predicted octanol–water partition coefficient (Wildman–Crippen LogP) is 2.58. The van der Waals surface area contributed by atoms with Gasteiger partial charge in [-0.1, -0.05) is 25.3 Å². The van der Waals surface area contributed by atoms with Gasteiger partial charge >= 0.3 is 12.0 Å². The number of ether oxygens (including phenoxy) is 2. The molecule has 0 saturated heterocycles. The van der Waals surface area contributed by atoms with Crippen LogP contribution >= 0.6 is 0 Å². The molecule has 0 radical (unpaired) electrons. The zero-order chi connectivity index (χ0) is 16.7. The minimum Gasteiger partial charge on any atom is -0.459 e. The minimum atomic E-state index is -0.478. The first-order chi connectivity index (χ1) is 11.1. The number of benzene rings is 1. The van der Waals surface area contributed by atoms with Crippen molar-refractivity contribution in [2.24, 2.45) is 0 Å². The van der Waals surface area contributed by atoms with Crippen molar-refractivity contribution in [3.05, 3.63) is 59.7 Å². The van der Waals surface area contributed by atoms with Crippen molar-refractivity contribution < 1.29 is 14.4 Å². The number of nitro groups is 1. The van der Waals surface area contributed by atoms with Crippen LogP contribution in [0.1, 0.15) is 0 Å². The van der Waals surface area contributed by atoms with Crippen LogP contribution in [0.15, 0.2) is 49.6 Å². The Kier molecular flexibility index (Phi) is 5.35.